The molecule has 0 aliphatic rings. The van der Waals surface area contributed by atoms with Gasteiger partial charge in [-0.3, -0.25) is 9.00 Å². The second-order valence-corrected chi connectivity index (χ2v) is 5.79. The average molecular weight is 294 g/mol. The second-order valence-electron chi connectivity index (χ2n) is 3.99. The van der Waals surface area contributed by atoms with E-state index in [1.165, 1.54) is 6.26 Å². The van der Waals surface area contributed by atoms with Crippen LogP contribution < -0.4 is 10.6 Å². The Bertz CT molecular complexity index is 373. The van der Waals surface area contributed by atoms with E-state index in [1.807, 2.05) is 0 Å². The molecule has 0 aliphatic carbocycles. The van der Waals surface area contributed by atoms with Crippen LogP contribution in [-0.4, -0.2) is 56.5 Å². The number of carbonyl (C=O) groups excluding carboxylic acids is 1. The summed E-state index contributed by atoms with van der Waals surface area (Å²) in [4.78, 5) is 32.6. The van der Waals surface area contributed by atoms with Gasteiger partial charge in [0.2, 0.25) is 0 Å². The van der Waals surface area contributed by atoms with E-state index in [-0.39, 0.29) is 24.6 Å². The van der Waals surface area contributed by atoms with E-state index >= 15 is 0 Å². The molecule has 0 saturated carbocycles. The molecule has 0 aromatic heterocycles. The third kappa shape index (κ3) is 8.14. The van der Waals surface area contributed by atoms with Gasteiger partial charge in [0.25, 0.3) is 0 Å². The van der Waals surface area contributed by atoms with Gasteiger partial charge in [0.05, 0.1) is 0 Å². The summed E-state index contributed by atoms with van der Waals surface area (Å²) in [6.07, 6.45) is 0.942. The molecule has 4 N–H and O–H groups in total. The molecule has 0 radical (unpaired) electrons. The Morgan fingerprint density at radius 3 is 2.26 bits per heavy atom. The minimum absolute atomic E-state index is 0.139. The number of amides is 2. The summed E-state index contributed by atoms with van der Waals surface area (Å²) < 4.78 is 11.0. The van der Waals surface area contributed by atoms with Gasteiger partial charge < -0.3 is 20.8 Å². The Morgan fingerprint density at radius 2 is 1.84 bits per heavy atom. The van der Waals surface area contributed by atoms with Crippen molar-refractivity contribution in [2.24, 2.45) is 0 Å². The monoisotopic (exact) mass is 294 g/mol. The first kappa shape index (κ1) is 17.4. The van der Waals surface area contributed by atoms with Gasteiger partial charge in [-0.05, 0) is 13.3 Å². The third-order valence-corrected chi connectivity index (χ3v) is 3.67. The number of carbonyl (C=O) groups is 3. The highest BCUT2D eigenvalue weighted by Crippen LogP contribution is 1.98. The predicted octanol–water partition coefficient (Wildman–Crippen LogP) is -0.629. The molecule has 3 atom stereocenters. The molecule has 0 aromatic carbocycles. The minimum atomic E-state index is -1.30. The largest absolute Gasteiger partial charge is 0.481 e. The molecular weight excluding hydrogens is 276 g/mol. The van der Waals surface area contributed by atoms with E-state index in [0.29, 0.717) is 0 Å². The number of hydrogen-bond acceptors (Lipinski definition) is 4. The lowest BCUT2D eigenvalue weighted by molar-refractivity contribution is -0.140. The first-order valence-electron chi connectivity index (χ1n) is 5.55. The Labute approximate surface area is 113 Å². The van der Waals surface area contributed by atoms with Crippen molar-refractivity contribution < 1.29 is 28.8 Å². The topological polar surface area (TPSA) is 133 Å². The summed E-state index contributed by atoms with van der Waals surface area (Å²) in [5.74, 6) is -2.44. The lowest BCUT2D eigenvalue weighted by Crippen LogP contribution is -2.47. The van der Waals surface area contributed by atoms with Crippen molar-refractivity contribution in [2.45, 2.75) is 31.1 Å². The second kappa shape index (κ2) is 8.46. The Morgan fingerprint density at radius 1 is 1.26 bits per heavy atom. The molecule has 2 amide bonds. The van der Waals surface area contributed by atoms with E-state index in [9.17, 15) is 18.6 Å². The van der Waals surface area contributed by atoms with Crippen molar-refractivity contribution in [3.05, 3.63) is 0 Å². The molecular formula is C10H18N2O6S. The van der Waals surface area contributed by atoms with Crippen LogP contribution in [0.25, 0.3) is 0 Å². The third-order valence-electron chi connectivity index (χ3n) is 2.37. The predicted molar refractivity (Wildman–Crippen MR) is 68.4 cm³/mol. The number of carboxylic acid groups (broad SMARTS) is 2. The number of aliphatic carboxylic acids is 2. The maximum Gasteiger partial charge on any atom is 0.326 e. The first-order valence-corrected chi connectivity index (χ1v) is 7.17. The van der Waals surface area contributed by atoms with Crippen LogP contribution in [0.5, 0.6) is 0 Å². The fraction of sp³-hybridized carbons (Fsp3) is 0.700. The van der Waals surface area contributed by atoms with Gasteiger partial charge in [0, 0.05) is 35.3 Å². The van der Waals surface area contributed by atoms with Crippen LogP contribution >= 0.6 is 0 Å². The molecule has 0 rings (SSSR count). The summed E-state index contributed by atoms with van der Waals surface area (Å²) in [5, 5.41) is 21.6. The van der Waals surface area contributed by atoms with Crippen molar-refractivity contribution in [1.82, 2.24) is 10.6 Å². The normalized spacial score (nSPS) is 15.1. The highest BCUT2D eigenvalue weighted by atomic mass is 32.2. The summed E-state index contributed by atoms with van der Waals surface area (Å²) in [6.45, 7) is 1.82. The number of rotatable bonds is 8. The molecule has 8 nitrogen and oxygen atoms in total. The van der Waals surface area contributed by atoms with Crippen LogP contribution in [-0.2, 0) is 20.4 Å². The van der Waals surface area contributed by atoms with E-state index < -0.39 is 34.8 Å². The number of urea groups is 1. The molecule has 0 spiro atoms. The molecule has 0 bridgehead atoms. The van der Waals surface area contributed by atoms with Gasteiger partial charge in [-0.1, -0.05) is 0 Å². The zero-order valence-corrected chi connectivity index (χ0v) is 11.5. The van der Waals surface area contributed by atoms with E-state index in [2.05, 4.69) is 10.6 Å². The summed E-state index contributed by atoms with van der Waals surface area (Å²) in [5.41, 5.74) is 0. The Kier molecular flexibility index (Phi) is 7.73. The fourth-order valence-electron chi connectivity index (χ4n) is 1.09. The lowest BCUT2D eigenvalue weighted by atomic mass is 10.1. The van der Waals surface area contributed by atoms with Crippen LogP contribution in [0.1, 0.15) is 19.8 Å². The highest BCUT2D eigenvalue weighted by molar-refractivity contribution is 7.84. The SMILES string of the molecule is CC(CNC(=O)N[C@@H](CCC(=O)O)C(=O)O)S(C)=O. The summed E-state index contributed by atoms with van der Waals surface area (Å²) in [7, 11) is -1.09. The van der Waals surface area contributed by atoms with Crippen molar-refractivity contribution in [1.29, 1.82) is 0 Å². The summed E-state index contributed by atoms with van der Waals surface area (Å²) >= 11 is 0. The Hall–Kier alpha value is -1.64. The summed E-state index contributed by atoms with van der Waals surface area (Å²) in [6, 6.07) is -1.99. The number of nitrogens with one attached hydrogen (secondary N) is 2. The van der Waals surface area contributed by atoms with Crippen molar-refractivity contribution in [2.75, 3.05) is 12.8 Å². The lowest BCUT2D eigenvalue weighted by Gasteiger charge is -2.15. The molecule has 0 fully saturated rings. The smallest absolute Gasteiger partial charge is 0.326 e. The highest BCUT2D eigenvalue weighted by Gasteiger charge is 2.21. The first-order chi connectivity index (χ1) is 8.73. The van der Waals surface area contributed by atoms with Crippen LogP contribution in [0.4, 0.5) is 4.79 Å². The van der Waals surface area contributed by atoms with E-state index in [4.69, 9.17) is 10.2 Å². The quantitative estimate of drug-likeness (QED) is 0.471. The molecule has 0 aromatic rings. The van der Waals surface area contributed by atoms with Crippen LogP contribution in [0.15, 0.2) is 0 Å². The number of hydrogen-bond donors (Lipinski definition) is 4. The molecule has 19 heavy (non-hydrogen) atoms. The van der Waals surface area contributed by atoms with Gasteiger partial charge in [-0.2, -0.15) is 0 Å². The van der Waals surface area contributed by atoms with Gasteiger partial charge in [-0.15, -0.1) is 0 Å². The van der Waals surface area contributed by atoms with Gasteiger partial charge >= 0.3 is 18.0 Å². The molecule has 9 heteroatoms. The zero-order valence-electron chi connectivity index (χ0n) is 10.7. The molecule has 0 aliphatic heterocycles. The van der Waals surface area contributed by atoms with Crippen molar-refractivity contribution >= 4 is 28.8 Å². The maximum absolute atomic E-state index is 11.4. The van der Waals surface area contributed by atoms with E-state index in [0.717, 1.165) is 0 Å². The standard InChI is InChI=1S/C10H18N2O6S/c1-6(19(2)18)5-11-10(17)12-7(9(15)16)3-4-8(13)14/h6-7H,3-5H2,1-2H3,(H,13,14)(H,15,16)(H2,11,12,17)/t6?,7-,19?/m0/s1. The van der Waals surface area contributed by atoms with Gasteiger partial charge in [-0.25, -0.2) is 9.59 Å². The molecule has 0 heterocycles. The van der Waals surface area contributed by atoms with Crippen molar-refractivity contribution in [3.63, 3.8) is 0 Å². The molecule has 0 saturated heterocycles. The Balaban J connectivity index is 4.20. The maximum atomic E-state index is 11.4. The van der Waals surface area contributed by atoms with Crippen molar-refractivity contribution in [3.8, 4) is 0 Å². The van der Waals surface area contributed by atoms with Crippen LogP contribution in [0.3, 0.4) is 0 Å². The number of carboxylic acids is 2. The molecule has 110 valence electrons. The fourth-order valence-corrected chi connectivity index (χ4v) is 1.41. The minimum Gasteiger partial charge on any atom is -0.481 e. The van der Waals surface area contributed by atoms with Gasteiger partial charge in [0.1, 0.15) is 6.04 Å². The molecule has 2 unspecified atom stereocenters. The van der Waals surface area contributed by atoms with Crippen LogP contribution in [0, 0.1) is 0 Å². The van der Waals surface area contributed by atoms with Gasteiger partial charge in [0.15, 0.2) is 0 Å². The average Bonchev–Trinajstić information content (AvgIpc) is 2.30. The zero-order chi connectivity index (χ0) is 15.0. The van der Waals surface area contributed by atoms with Crippen LogP contribution in [0.2, 0.25) is 0 Å². The van der Waals surface area contributed by atoms with E-state index in [1.54, 1.807) is 6.92 Å².